The SMILES string of the molecule is COCC1(CSC2CCCCC2)c2ccccc2-c2ccccc21. The molecule has 0 atom stereocenters. The number of benzene rings is 2. The molecule has 0 spiro atoms. The molecule has 2 heteroatoms. The van der Waals surface area contributed by atoms with Gasteiger partial charge in [0.15, 0.2) is 0 Å². The number of hydrogen-bond acceptors (Lipinski definition) is 2. The average molecular weight is 339 g/mol. The van der Waals surface area contributed by atoms with Crippen LogP contribution in [0.25, 0.3) is 11.1 Å². The van der Waals surface area contributed by atoms with Crippen molar-refractivity contribution in [3.8, 4) is 11.1 Å². The lowest BCUT2D eigenvalue weighted by Crippen LogP contribution is -2.34. The maximum absolute atomic E-state index is 5.77. The smallest absolute Gasteiger partial charge is 0.0608 e. The van der Waals surface area contributed by atoms with Gasteiger partial charge < -0.3 is 4.74 Å². The summed E-state index contributed by atoms with van der Waals surface area (Å²) >= 11 is 2.18. The first-order valence-corrected chi connectivity index (χ1v) is 10.2. The molecule has 1 nitrogen and oxygen atoms in total. The fraction of sp³-hybridized carbons (Fsp3) is 0.455. The van der Waals surface area contributed by atoms with Gasteiger partial charge >= 0.3 is 0 Å². The number of thioether (sulfide) groups is 1. The molecule has 0 amide bonds. The van der Waals surface area contributed by atoms with Gasteiger partial charge in [0.25, 0.3) is 0 Å². The molecule has 1 saturated carbocycles. The van der Waals surface area contributed by atoms with Gasteiger partial charge in [-0.1, -0.05) is 67.8 Å². The molecule has 0 unspecified atom stereocenters. The Kier molecular flexibility index (Phi) is 4.69. The zero-order chi connectivity index (χ0) is 16.4. The second-order valence-corrected chi connectivity index (χ2v) is 8.47. The summed E-state index contributed by atoms with van der Waals surface area (Å²) < 4.78 is 5.77. The van der Waals surface area contributed by atoms with Crippen molar-refractivity contribution in [2.45, 2.75) is 42.8 Å². The van der Waals surface area contributed by atoms with Crippen LogP contribution in [-0.2, 0) is 10.2 Å². The van der Waals surface area contributed by atoms with Gasteiger partial charge in [0.1, 0.15) is 0 Å². The summed E-state index contributed by atoms with van der Waals surface area (Å²) in [5.74, 6) is 1.12. The van der Waals surface area contributed by atoms with Gasteiger partial charge in [-0.15, -0.1) is 0 Å². The number of rotatable bonds is 5. The minimum atomic E-state index is 0.00402. The van der Waals surface area contributed by atoms with E-state index in [0.29, 0.717) is 0 Å². The third kappa shape index (κ3) is 2.70. The van der Waals surface area contributed by atoms with Crippen LogP contribution in [0.5, 0.6) is 0 Å². The van der Waals surface area contributed by atoms with Crippen LogP contribution in [0.4, 0.5) is 0 Å². The molecule has 2 aromatic carbocycles. The van der Waals surface area contributed by atoms with Crippen LogP contribution < -0.4 is 0 Å². The molecule has 2 aromatic rings. The summed E-state index contributed by atoms with van der Waals surface area (Å²) in [6.07, 6.45) is 7.00. The highest BCUT2D eigenvalue weighted by molar-refractivity contribution is 7.99. The Morgan fingerprint density at radius 2 is 1.50 bits per heavy atom. The molecule has 0 heterocycles. The van der Waals surface area contributed by atoms with E-state index in [4.69, 9.17) is 4.74 Å². The largest absolute Gasteiger partial charge is 0.383 e. The van der Waals surface area contributed by atoms with Crippen molar-refractivity contribution in [2.24, 2.45) is 0 Å². The first-order chi connectivity index (χ1) is 11.8. The van der Waals surface area contributed by atoms with E-state index >= 15 is 0 Å². The molecule has 2 aliphatic rings. The fourth-order valence-corrected chi connectivity index (χ4v) is 6.09. The van der Waals surface area contributed by atoms with E-state index in [1.807, 2.05) is 7.11 Å². The van der Waals surface area contributed by atoms with Crippen molar-refractivity contribution >= 4 is 11.8 Å². The van der Waals surface area contributed by atoms with Crippen LogP contribution in [-0.4, -0.2) is 24.7 Å². The Balaban J connectivity index is 1.72. The van der Waals surface area contributed by atoms with E-state index < -0.39 is 0 Å². The fourth-order valence-electron chi connectivity index (χ4n) is 4.51. The summed E-state index contributed by atoms with van der Waals surface area (Å²) in [6.45, 7) is 0.765. The van der Waals surface area contributed by atoms with Crippen molar-refractivity contribution in [2.75, 3.05) is 19.5 Å². The summed E-state index contributed by atoms with van der Waals surface area (Å²) in [6, 6.07) is 17.9. The first-order valence-electron chi connectivity index (χ1n) is 9.15. The molecule has 0 radical (unpaired) electrons. The zero-order valence-electron chi connectivity index (χ0n) is 14.5. The van der Waals surface area contributed by atoms with Gasteiger partial charge in [0, 0.05) is 18.1 Å². The zero-order valence-corrected chi connectivity index (χ0v) is 15.3. The maximum Gasteiger partial charge on any atom is 0.0608 e. The highest BCUT2D eigenvalue weighted by atomic mass is 32.2. The Hall–Kier alpha value is -1.25. The second-order valence-electron chi connectivity index (χ2n) is 7.18. The molecule has 0 saturated heterocycles. The van der Waals surface area contributed by atoms with E-state index in [9.17, 15) is 0 Å². The lowest BCUT2D eigenvalue weighted by atomic mass is 9.81. The van der Waals surface area contributed by atoms with Crippen LogP contribution in [0.2, 0.25) is 0 Å². The average Bonchev–Trinajstić information content (AvgIpc) is 2.93. The molecule has 24 heavy (non-hydrogen) atoms. The molecule has 0 N–H and O–H groups in total. The van der Waals surface area contributed by atoms with Crippen LogP contribution in [0.3, 0.4) is 0 Å². The Bertz CT molecular complexity index is 657. The van der Waals surface area contributed by atoms with Gasteiger partial charge in [-0.25, -0.2) is 0 Å². The van der Waals surface area contributed by atoms with E-state index in [0.717, 1.165) is 17.6 Å². The van der Waals surface area contributed by atoms with Crippen molar-refractivity contribution in [1.82, 2.24) is 0 Å². The summed E-state index contributed by atoms with van der Waals surface area (Å²) in [4.78, 5) is 0. The summed E-state index contributed by atoms with van der Waals surface area (Å²) in [7, 11) is 1.84. The molecule has 0 bridgehead atoms. The minimum Gasteiger partial charge on any atom is -0.383 e. The summed E-state index contributed by atoms with van der Waals surface area (Å²) in [5, 5.41) is 0.826. The van der Waals surface area contributed by atoms with E-state index in [1.54, 1.807) is 0 Å². The van der Waals surface area contributed by atoms with Crippen LogP contribution in [0, 0.1) is 0 Å². The number of fused-ring (bicyclic) bond motifs is 3. The summed E-state index contributed by atoms with van der Waals surface area (Å²) in [5.41, 5.74) is 5.71. The first kappa shape index (κ1) is 16.2. The molecule has 4 rings (SSSR count). The molecular weight excluding hydrogens is 312 g/mol. The third-order valence-corrected chi connectivity index (χ3v) is 7.29. The van der Waals surface area contributed by atoms with E-state index in [-0.39, 0.29) is 5.41 Å². The second kappa shape index (κ2) is 6.93. The van der Waals surface area contributed by atoms with Crippen molar-refractivity contribution in [3.63, 3.8) is 0 Å². The molecule has 126 valence electrons. The van der Waals surface area contributed by atoms with Gasteiger partial charge in [0.2, 0.25) is 0 Å². The monoisotopic (exact) mass is 338 g/mol. The van der Waals surface area contributed by atoms with Crippen molar-refractivity contribution in [3.05, 3.63) is 59.7 Å². The molecule has 1 fully saturated rings. The number of methoxy groups -OCH3 is 1. The van der Waals surface area contributed by atoms with Gasteiger partial charge in [-0.2, -0.15) is 11.8 Å². The normalized spacial score (nSPS) is 19.0. The third-order valence-electron chi connectivity index (χ3n) is 5.68. The van der Waals surface area contributed by atoms with Crippen molar-refractivity contribution in [1.29, 1.82) is 0 Å². The van der Waals surface area contributed by atoms with Gasteiger partial charge in [-0.3, -0.25) is 0 Å². The quantitative estimate of drug-likeness (QED) is 0.695. The standard InChI is InChI=1S/C22H26OS/c1-23-15-22(16-24-17-9-3-2-4-10-17)20-13-7-5-11-18(20)19-12-6-8-14-21(19)22/h5-8,11-14,17H,2-4,9-10,15-16H2,1H3. The van der Waals surface area contributed by atoms with Crippen molar-refractivity contribution < 1.29 is 4.74 Å². The molecule has 0 aromatic heterocycles. The van der Waals surface area contributed by atoms with Crippen LogP contribution >= 0.6 is 11.8 Å². The lowest BCUT2D eigenvalue weighted by Gasteiger charge is -2.33. The molecule has 0 aliphatic heterocycles. The predicted octanol–water partition coefficient (Wildman–Crippen LogP) is 5.67. The highest BCUT2D eigenvalue weighted by Gasteiger charge is 2.43. The highest BCUT2D eigenvalue weighted by Crippen LogP contribution is 2.51. The Labute approximate surface area is 149 Å². The Morgan fingerprint density at radius 3 is 2.08 bits per heavy atom. The number of hydrogen-bond donors (Lipinski definition) is 0. The minimum absolute atomic E-state index is 0.00402. The predicted molar refractivity (Wildman–Crippen MR) is 104 cm³/mol. The number of ether oxygens (including phenoxy) is 1. The molecular formula is C22H26OS. The van der Waals surface area contributed by atoms with Crippen LogP contribution in [0.15, 0.2) is 48.5 Å². The Morgan fingerprint density at radius 1 is 0.917 bits per heavy atom. The van der Waals surface area contributed by atoms with E-state index in [1.165, 1.54) is 54.4 Å². The van der Waals surface area contributed by atoms with Crippen LogP contribution in [0.1, 0.15) is 43.2 Å². The lowest BCUT2D eigenvalue weighted by molar-refractivity contribution is 0.159. The topological polar surface area (TPSA) is 9.23 Å². The maximum atomic E-state index is 5.77. The van der Waals surface area contributed by atoms with Gasteiger partial charge in [-0.05, 0) is 35.1 Å². The van der Waals surface area contributed by atoms with Gasteiger partial charge in [0.05, 0.1) is 12.0 Å². The molecule has 2 aliphatic carbocycles. The van der Waals surface area contributed by atoms with E-state index in [2.05, 4.69) is 60.3 Å².